The van der Waals surface area contributed by atoms with Crippen LogP contribution in [0, 0.1) is 6.92 Å². The van der Waals surface area contributed by atoms with Crippen LogP contribution in [-0.4, -0.2) is 53.6 Å². The van der Waals surface area contributed by atoms with Gasteiger partial charge in [0.25, 0.3) is 5.91 Å². The highest BCUT2D eigenvalue weighted by molar-refractivity contribution is 5.97. The molecule has 0 bridgehead atoms. The lowest BCUT2D eigenvalue weighted by Gasteiger charge is -2.36. The molecule has 1 aliphatic rings. The number of aryl methyl sites for hydroxylation is 1. The van der Waals surface area contributed by atoms with Crippen LogP contribution in [-0.2, 0) is 0 Å². The number of anilines is 1. The summed E-state index contributed by atoms with van der Waals surface area (Å²) in [5.41, 5.74) is 4.76. The number of carbonyl (C=O) groups excluding carboxylic acids is 1. The van der Waals surface area contributed by atoms with E-state index >= 15 is 0 Å². The molecular weight excluding hydrogens is 400 g/mol. The number of piperazine rings is 1. The second-order valence-corrected chi connectivity index (χ2v) is 8.01. The predicted octanol–water partition coefficient (Wildman–Crippen LogP) is 4.30. The van der Waals surface area contributed by atoms with Crippen molar-refractivity contribution in [2.24, 2.45) is 0 Å². The normalized spacial score (nSPS) is 14.1. The summed E-state index contributed by atoms with van der Waals surface area (Å²) >= 11 is 0. The largest absolute Gasteiger partial charge is 0.497 e. The van der Waals surface area contributed by atoms with E-state index in [1.807, 2.05) is 60.4 Å². The number of rotatable bonds is 4. The van der Waals surface area contributed by atoms with Crippen molar-refractivity contribution < 1.29 is 9.53 Å². The minimum atomic E-state index is 0.0631. The third-order valence-electron chi connectivity index (χ3n) is 6.09. The van der Waals surface area contributed by atoms with E-state index in [2.05, 4.69) is 33.7 Å². The Bertz CT molecular complexity index is 1240. The monoisotopic (exact) mass is 426 g/mol. The molecule has 0 radical (unpaired) electrons. The van der Waals surface area contributed by atoms with E-state index in [1.165, 1.54) is 0 Å². The fraction of sp³-hybridized carbons (Fsp3) is 0.231. The number of imidazole rings is 1. The number of hydrogen-bond donors (Lipinski definition) is 0. The Balaban J connectivity index is 1.32. The van der Waals surface area contributed by atoms with Crippen molar-refractivity contribution in [3.05, 3.63) is 84.2 Å². The van der Waals surface area contributed by atoms with Gasteiger partial charge in [0, 0.05) is 43.1 Å². The topological polar surface area (TPSA) is 50.6 Å². The Labute approximate surface area is 187 Å². The molecule has 6 nitrogen and oxygen atoms in total. The Morgan fingerprint density at radius 3 is 2.28 bits per heavy atom. The van der Waals surface area contributed by atoms with Gasteiger partial charge < -0.3 is 14.5 Å². The van der Waals surface area contributed by atoms with E-state index in [4.69, 9.17) is 9.72 Å². The zero-order valence-corrected chi connectivity index (χ0v) is 18.4. The number of hydrogen-bond acceptors (Lipinski definition) is 4. The number of aromatic nitrogens is 2. The van der Waals surface area contributed by atoms with Gasteiger partial charge in [-0.25, -0.2) is 4.98 Å². The number of nitrogens with zero attached hydrogens (tertiary/aromatic N) is 4. The lowest BCUT2D eigenvalue weighted by molar-refractivity contribution is 0.0747. The summed E-state index contributed by atoms with van der Waals surface area (Å²) in [6, 6.07) is 24.1. The maximum Gasteiger partial charge on any atom is 0.254 e. The number of methoxy groups -OCH3 is 1. The highest BCUT2D eigenvalue weighted by atomic mass is 16.5. The summed E-state index contributed by atoms with van der Waals surface area (Å²) in [4.78, 5) is 22.1. The second kappa shape index (κ2) is 8.38. The van der Waals surface area contributed by atoms with Crippen LogP contribution >= 0.6 is 0 Å². The van der Waals surface area contributed by atoms with Gasteiger partial charge in [-0.3, -0.25) is 9.36 Å². The van der Waals surface area contributed by atoms with Gasteiger partial charge in [0.05, 0.1) is 18.1 Å². The lowest BCUT2D eigenvalue weighted by atomic mass is 10.1. The highest BCUT2D eigenvalue weighted by Gasteiger charge is 2.23. The minimum Gasteiger partial charge on any atom is -0.497 e. The standard InChI is InChI=1S/C26H26N4O2/c1-19-27-24-18-20(8-13-25(24)30(19)22-6-4-3-5-7-22)26(31)29-16-14-28(15-17-29)21-9-11-23(32-2)12-10-21/h3-13,18H,14-17H2,1-2H3. The van der Waals surface area contributed by atoms with Crippen LogP contribution < -0.4 is 9.64 Å². The number of amides is 1. The van der Waals surface area contributed by atoms with E-state index in [0.717, 1.165) is 47.1 Å². The smallest absolute Gasteiger partial charge is 0.254 e. The fourth-order valence-electron chi connectivity index (χ4n) is 4.38. The third kappa shape index (κ3) is 3.68. The Kier molecular flexibility index (Phi) is 5.27. The van der Waals surface area contributed by atoms with Crippen LogP contribution in [0.2, 0.25) is 0 Å². The van der Waals surface area contributed by atoms with E-state index in [0.29, 0.717) is 18.7 Å². The average Bonchev–Trinajstić information content (AvgIpc) is 3.19. The van der Waals surface area contributed by atoms with Gasteiger partial charge in [-0.1, -0.05) is 18.2 Å². The molecule has 32 heavy (non-hydrogen) atoms. The summed E-state index contributed by atoms with van der Waals surface area (Å²) in [6.45, 7) is 5.00. The SMILES string of the molecule is COc1ccc(N2CCN(C(=O)c3ccc4c(c3)nc(C)n4-c3ccccc3)CC2)cc1. The van der Waals surface area contributed by atoms with Crippen LogP contribution in [0.4, 0.5) is 5.69 Å². The summed E-state index contributed by atoms with van der Waals surface area (Å²) in [7, 11) is 1.67. The zero-order valence-electron chi connectivity index (χ0n) is 18.4. The molecule has 6 heteroatoms. The van der Waals surface area contributed by atoms with Crippen molar-refractivity contribution in [2.75, 3.05) is 38.2 Å². The van der Waals surface area contributed by atoms with Crippen molar-refractivity contribution in [1.82, 2.24) is 14.5 Å². The summed E-state index contributed by atoms with van der Waals surface area (Å²) in [5.74, 6) is 1.82. The van der Waals surface area contributed by atoms with Gasteiger partial charge in [-0.2, -0.15) is 0 Å². The minimum absolute atomic E-state index is 0.0631. The molecule has 0 spiro atoms. The molecule has 1 amide bonds. The van der Waals surface area contributed by atoms with Crippen molar-refractivity contribution in [3.63, 3.8) is 0 Å². The molecule has 3 aromatic carbocycles. The van der Waals surface area contributed by atoms with E-state index < -0.39 is 0 Å². The molecule has 4 aromatic rings. The number of carbonyl (C=O) groups is 1. The van der Waals surface area contributed by atoms with Gasteiger partial charge in [-0.15, -0.1) is 0 Å². The van der Waals surface area contributed by atoms with Gasteiger partial charge >= 0.3 is 0 Å². The van der Waals surface area contributed by atoms with Gasteiger partial charge in [0.2, 0.25) is 0 Å². The Hall–Kier alpha value is -3.80. The van der Waals surface area contributed by atoms with Gasteiger partial charge in [-0.05, 0) is 61.5 Å². The van der Waals surface area contributed by atoms with Crippen molar-refractivity contribution in [2.45, 2.75) is 6.92 Å². The molecule has 1 aliphatic heterocycles. The van der Waals surface area contributed by atoms with Crippen molar-refractivity contribution in [3.8, 4) is 11.4 Å². The fourth-order valence-corrected chi connectivity index (χ4v) is 4.38. The Morgan fingerprint density at radius 1 is 0.875 bits per heavy atom. The molecule has 0 N–H and O–H groups in total. The van der Waals surface area contributed by atoms with Crippen molar-refractivity contribution in [1.29, 1.82) is 0 Å². The summed E-state index contributed by atoms with van der Waals surface area (Å²) in [5, 5.41) is 0. The first-order chi connectivity index (χ1) is 15.6. The van der Waals surface area contributed by atoms with Gasteiger partial charge in [0.1, 0.15) is 11.6 Å². The second-order valence-electron chi connectivity index (χ2n) is 8.01. The third-order valence-corrected chi connectivity index (χ3v) is 6.09. The number of benzene rings is 3. The average molecular weight is 427 g/mol. The van der Waals surface area contributed by atoms with Crippen LogP contribution in [0.5, 0.6) is 5.75 Å². The van der Waals surface area contributed by atoms with Crippen LogP contribution in [0.25, 0.3) is 16.7 Å². The number of fused-ring (bicyclic) bond motifs is 1. The maximum absolute atomic E-state index is 13.2. The van der Waals surface area contributed by atoms with E-state index in [9.17, 15) is 4.79 Å². The molecule has 5 rings (SSSR count). The molecule has 162 valence electrons. The molecule has 0 atom stereocenters. The first-order valence-corrected chi connectivity index (χ1v) is 10.9. The van der Waals surface area contributed by atoms with Crippen LogP contribution in [0.3, 0.4) is 0 Å². The molecular formula is C26H26N4O2. The first-order valence-electron chi connectivity index (χ1n) is 10.9. The molecule has 0 aliphatic carbocycles. The number of ether oxygens (including phenoxy) is 1. The number of para-hydroxylation sites is 1. The predicted molar refractivity (Wildman–Crippen MR) is 127 cm³/mol. The molecule has 0 unspecified atom stereocenters. The molecule has 1 fully saturated rings. The Morgan fingerprint density at radius 2 is 1.59 bits per heavy atom. The molecule has 1 saturated heterocycles. The lowest BCUT2D eigenvalue weighted by Crippen LogP contribution is -2.48. The van der Waals surface area contributed by atoms with Crippen LogP contribution in [0.1, 0.15) is 16.2 Å². The van der Waals surface area contributed by atoms with Crippen LogP contribution in [0.15, 0.2) is 72.8 Å². The first kappa shape index (κ1) is 20.1. The van der Waals surface area contributed by atoms with E-state index in [-0.39, 0.29) is 5.91 Å². The van der Waals surface area contributed by atoms with Crippen molar-refractivity contribution >= 4 is 22.6 Å². The molecule has 1 aromatic heterocycles. The highest BCUT2D eigenvalue weighted by Crippen LogP contribution is 2.24. The van der Waals surface area contributed by atoms with E-state index in [1.54, 1.807) is 7.11 Å². The zero-order chi connectivity index (χ0) is 22.1. The summed E-state index contributed by atoms with van der Waals surface area (Å²) < 4.78 is 7.36. The molecule has 2 heterocycles. The molecule has 0 saturated carbocycles. The quantitative estimate of drug-likeness (QED) is 0.488. The van der Waals surface area contributed by atoms with Gasteiger partial charge in [0.15, 0.2) is 0 Å². The maximum atomic E-state index is 13.2. The summed E-state index contributed by atoms with van der Waals surface area (Å²) in [6.07, 6.45) is 0.